The Hall–Kier alpha value is -1.77. The van der Waals surface area contributed by atoms with Crippen molar-refractivity contribution in [3.63, 3.8) is 0 Å². The lowest BCUT2D eigenvalue weighted by molar-refractivity contribution is 0.104. The third-order valence-electron chi connectivity index (χ3n) is 2.56. The van der Waals surface area contributed by atoms with Gasteiger partial charge in [-0.15, -0.1) is 0 Å². The molecule has 0 aromatic heterocycles. The third-order valence-corrected chi connectivity index (χ3v) is 2.56. The smallest absolute Gasteiger partial charge is 0.185 e. The summed E-state index contributed by atoms with van der Waals surface area (Å²) in [6.07, 6.45) is 1.30. The molecule has 0 spiro atoms. The van der Waals surface area contributed by atoms with Crippen LogP contribution in [0, 0.1) is 11.8 Å². The first kappa shape index (κ1) is 16.3. The molecule has 0 aliphatic heterocycles. The molecule has 1 aromatic carbocycles. The third kappa shape index (κ3) is 5.08. The van der Waals surface area contributed by atoms with Crippen molar-refractivity contribution < 1.29 is 14.3 Å². The molecule has 1 rings (SSSR count). The van der Waals surface area contributed by atoms with Crippen molar-refractivity contribution >= 4 is 5.78 Å². The number of ether oxygens (including phenoxy) is 2. The van der Waals surface area contributed by atoms with E-state index in [2.05, 4.69) is 34.3 Å². The number of rotatable bonds is 8. The van der Waals surface area contributed by atoms with Gasteiger partial charge in [0.1, 0.15) is 0 Å². The number of carbonyl (C=O) groups excluding carboxylic acids is 1. The summed E-state index contributed by atoms with van der Waals surface area (Å²) in [5.74, 6) is 2.02. The van der Waals surface area contributed by atoms with Crippen LogP contribution in [0.1, 0.15) is 38.1 Å². The summed E-state index contributed by atoms with van der Waals surface area (Å²) < 4.78 is 11.5. The molecular weight excluding hydrogens is 252 g/mol. The van der Waals surface area contributed by atoms with Crippen molar-refractivity contribution in [3.05, 3.63) is 36.4 Å². The van der Waals surface area contributed by atoms with Crippen LogP contribution >= 0.6 is 0 Å². The Kier molecular flexibility index (Phi) is 6.29. The van der Waals surface area contributed by atoms with E-state index in [-0.39, 0.29) is 5.78 Å². The minimum atomic E-state index is -0.116. The first-order chi connectivity index (χ1) is 9.43. The van der Waals surface area contributed by atoms with E-state index in [4.69, 9.17) is 9.47 Å². The van der Waals surface area contributed by atoms with E-state index < -0.39 is 0 Å². The van der Waals surface area contributed by atoms with Crippen molar-refractivity contribution in [2.45, 2.75) is 27.7 Å². The lowest BCUT2D eigenvalue weighted by atomic mass is 10.1. The van der Waals surface area contributed by atoms with Gasteiger partial charge in [-0.2, -0.15) is 0 Å². The molecule has 0 bridgehead atoms. The first-order valence-corrected chi connectivity index (χ1v) is 7.00. The highest BCUT2D eigenvalue weighted by Crippen LogP contribution is 2.29. The summed E-state index contributed by atoms with van der Waals surface area (Å²) in [6, 6.07) is 5.25. The zero-order chi connectivity index (χ0) is 15.1. The number of carbonyl (C=O) groups is 1. The maximum atomic E-state index is 11.7. The summed E-state index contributed by atoms with van der Waals surface area (Å²) in [6.45, 7) is 13.0. The van der Waals surface area contributed by atoms with E-state index in [0.29, 0.717) is 42.1 Å². The summed E-state index contributed by atoms with van der Waals surface area (Å²) in [5, 5.41) is 0. The van der Waals surface area contributed by atoms with Gasteiger partial charge < -0.3 is 9.47 Å². The second-order valence-corrected chi connectivity index (χ2v) is 5.64. The SMILES string of the molecule is C=CC(=O)c1ccc(OCC(C)C)c(OCC(C)C)c1. The largest absolute Gasteiger partial charge is 0.489 e. The predicted octanol–water partition coefficient (Wildman–Crippen LogP) is 4.12. The summed E-state index contributed by atoms with van der Waals surface area (Å²) in [7, 11) is 0. The quantitative estimate of drug-likeness (QED) is 0.529. The molecule has 110 valence electrons. The molecule has 1 aromatic rings. The minimum Gasteiger partial charge on any atom is -0.489 e. The van der Waals surface area contributed by atoms with E-state index in [9.17, 15) is 4.79 Å². The van der Waals surface area contributed by atoms with Crippen LogP contribution in [0.25, 0.3) is 0 Å². The van der Waals surface area contributed by atoms with Crippen LogP contribution in [-0.2, 0) is 0 Å². The normalized spacial score (nSPS) is 10.7. The van der Waals surface area contributed by atoms with Gasteiger partial charge in [0.2, 0.25) is 0 Å². The van der Waals surface area contributed by atoms with Crippen LogP contribution in [-0.4, -0.2) is 19.0 Å². The van der Waals surface area contributed by atoms with E-state index in [1.807, 2.05) is 0 Å². The van der Waals surface area contributed by atoms with Gasteiger partial charge in [0, 0.05) is 5.56 Å². The molecule has 20 heavy (non-hydrogen) atoms. The molecule has 3 heteroatoms. The maximum Gasteiger partial charge on any atom is 0.185 e. The first-order valence-electron chi connectivity index (χ1n) is 7.00. The van der Waals surface area contributed by atoms with Crippen LogP contribution in [0.5, 0.6) is 11.5 Å². The number of hydrogen-bond acceptors (Lipinski definition) is 3. The molecule has 0 amide bonds. The summed E-state index contributed by atoms with van der Waals surface area (Å²) in [5.41, 5.74) is 0.565. The highest BCUT2D eigenvalue weighted by Gasteiger charge is 2.11. The Morgan fingerprint density at radius 3 is 2.15 bits per heavy atom. The molecule has 0 saturated carbocycles. The fraction of sp³-hybridized carbons (Fsp3) is 0.471. The number of benzene rings is 1. The second-order valence-electron chi connectivity index (χ2n) is 5.64. The van der Waals surface area contributed by atoms with Crippen molar-refractivity contribution in [1.29, 1.82) is 0 Å². The Balaban J connectivity index is 2.96. The van der Waals surface area contributed by atoms with Gasteiger partial charge in [-0.3, -0.25) is 4.79 Å². The van der Waals surface area contributed by atoms with E-state index in [1.165, 1.54) is 6.08 Å². The minimum absolute atomic E-state index is 0.116. The average molecular weight is 276 g/mol. The molecule has 0 saturated heterocycles. The summed E-state index contributed by atoms with van der Waals surface area (Å²) >= 11 is 0. The highest BCUT2D eigenvalue weighted by atomic mass is 16.5. The molecule has 0 aliphatic carbocycles. The molecule has 0 N–H and O–H groups in total. The molecule has 0 heterocycles. The predicted molar refractivity (Wildman–Crippen MR) is 81.6 cm³/mol. The average Bonchev–Trinajstić information content (AvgIpc) is 2.42. The monoisotopic (exact) mass is 276 g/mol. The summed E-state index contributed by atoms with van der Waals surface area (Å²) in [4.78, 5) is 11.7. The highest BCUT2D eigenvalue weighted by molar-refractivity contribution is 6.04. The van der Waals surface area contributed by atoms with Gasteiger partial charge >= 0.3 is 0 Å². The van der Waals surface area contributed by atoms with E-state index in [1.54, 1.807) is 18.2 Å². The topological polar surface area (TPSA) is 35.5 Å². The maximum absolute atomic E-state index is 11.7. The Morgan fingerprint density at radius 1 is 1.10 bits per heavy atom. The van der Waals surface area contributed by atoms with Crippen LogP contribution in [0.15, 0.2) is 30.9 Å². The number of allylic oxidation sites excluding steroid dienone is 1. The molecule has 0 atom stereocenters. The van der Waals surface area contributed by atoms with Crippen LogP contribution in [0.3, 0.4) is 0 Å². The molecular formula is C17H24O3. The molecule has 3 nitrogen and oxygen atoms in total. The van der Waals surface area contributed by atoms with E-state index in [0.717, 1.165) is 0 Å². The Bertz CT molecular complexity index is 461. The number of ketones is 1. The van der Waals surface area contributed by atoms with Gasteiger partial charge in [0.25, 0.3) is 0 Å². The molecule has 0 fully saturated rings. The van der Waals surface area contributed by atoms with Crippen molar-refractivity contribution in [1.82, 2.24) is 0 Å². The number of hydrogen-bond donors (Lipinski definition) is 0. The van der Waals surface area contributed by atoms with Gasteiger partial charge in [-0.25, -0.2) is 0 Å². The van der Waals surface area contributed by atoms with Gasteiger partial charge in [-0.1, -0.05) is 34.3 Å². The zero-order valence-electron chi connectivity index (χ0n) is 12.8. The Labute approximate surface area is 121 Å². The fourth-order valence-corrected chi connectivity index (χ4v) is 1.52. The lowest BCUT2D eigenvalue weighted by Crippen LogP contribution is -2.09. The van der Waals surface area contributed by atoms with Gasteiger partial charge in [0.15, 0.2) is 17.3 Å². The zero-order valence-corrected chi connectivity index (χ0v) is 12.8. The lowest BCUT2D eigenvalue weighted by Gasteiger charge is -2.16. The Morgan fingerprint density at radius 2 is 1.65 bits per heavy atom. The van der Waals surface area contributed by atoms with Crippen molar-refractivity contribution in [3.8, 4) is 11.5 Å². The van der Waals surface area contributed by atoms with Crippen LogP contribution < -0.4 is 9.47 Å². The molecule has 0 aliphatic rings. The molecule has 0 radical (unpaired) electrons. The standard InChI is InChI=1S/C17H24O3/c1-6-15(18)14-7-8-16(19-10-12(2)3)17(9-14)20-11-13(4)5/h6-9,12-13H,1,10-11H2,2-5H3. The molecule has 0 unspecified atom stereocenters. The van der Waals surface area contributed by atoms with Crippen LogP contribution in [0.2, 0.25) is 0 Å². The van der Waals surface area contributed by atoms with Gasteiger partial charge in [-0.05, 0) is 36.1 Å². The second kappa shape index (κ2) is 7.73. The van der Waals surface area contributed by atoms with Crippen LogP contribution in [0.4, 0.5) is 0 Å². The fourth-order valence-electron chi connectivity index (χ4n) is 1.52. The van der Waals surface area contributed by atoms with Crippen molar-refractivity contribution in [2.24, 2.45) is 11.8 Å². The van der Waals surface area contributed by atoms with Crippen molar-refractivity contribution in [2.75, 3.05) is 13.2 Å². The van der Waals surface area contributed by atoms with Gasteiger partial charge in [0.05, 0.1) is 13.2 Å². The van der Waals surface area contributed by atoms with E-state index >= 15 is 0 Å².